The van der Waals surface area contributed by atoms with Gasteiger partial charge in [-0.25, -0.2) is 0 Å². The molecule has 2 bridgehead atoms. The minimum absolute atomic E-state index is 0.729. The fraction of sp³-hybridized carbons (Fsp3) is 1.00. The molecule has 12 heavy (non-hydrogen) atoms. The second kappa shape index (κ2) is 1.39. The zero-order valence-electron chi connectivity index (χ0n) is 7.15. The van der Waals surface area contributed by atoms with Gasteiger partial charge in [-0.2, -0.15) is 0 Å². The molecule has 1 saturated heterocycles. The summed E-state index contributed by atoms with van der Waals surface area (Å²) in [5.41, 5.74) is 0. The van der Waals surface area contributed by atoms with Gasteiger partial charge in [-0.15, -0.1) is 0 Å². The van der Waals surface area contributed by atoms with Crippen LogP contribution in [0, 0.1) is 35.5 Å². The van der Waals surface area contributed by atoms with Gasteiger partial charge in [0.15, 0.2) is 0 Å². The minimum atomic E-state index is 0.729. The van der Waals surface area contributed by atoms with Gasteiger partial charge in [-0.05, 0) is 54.8 Å². The summed E-state index contributed by atoms with van der Waals surface area (Å²) in [4.78, 5) is 0. The Balaban J connectivity index is 1.87. The van der Waals surface area contributed by atoms with E-state index in [-0.39, 0.29) is 0 Å². The first-order valence-corrected chi connectivity index (χ1v) is 5.59. The van der Waals surface area contributed by atoms with Crippen molar-refractivity contribution < 1.29 is 4.74 Å². The highest BCUT2D eigenvalue weighted by molar-refractivity contribution is 5.20. The maximum atomic E-state index is 6.13. The summed E-state index contributed by atoms with van der Waals surface area (Å²) in [5.74, 6) is 6.58. The van der Waals surface area contributed by atoms with Gasteiger partial charge in [0, 0.05) is 0 Å². The van der Waals surface area contributed by atoms with Crippen LogP contribution in [0.15, 0.2) is 0 Å². The average Bonchev–Trinajstić information content (AvgIpc) is 2.57. The molecule has 0 aromatic rings. The van der Waals surface area contributed by atoms with Gasteiger partial charge in [0.2, 0.25) is 0 Å². The van der Waals surface area contributed by atoms with E-state index in [9.17, 15) is 0 Å². The van der Waals surface area contributed by atoms with Gasteiger partial charge in [0.05, 0.1) is 12.2 Å². The second-order valence-corrected chi connectivity index (χ2v) is 5.73. The highest BCUT2D eigenvalue weighted by Crippen LogP contribution is 2.74. The Morgan fingerprint density at radius 2 is 1.25 bits per heavy atom. The predicted molar refractivity (Wildman–Crippen MR) is 43.5 cm³/mol. The van der Waals surface area contributed by atoms with Gasteiger partial charge < -0.3 is 4.74 Å². The monoisotopic (exact) mass is 162 g/mol. The third-order valence-corrected chi connectivity index (χ3v) is 5.84. The lowest BCUT2D eigenvalue weighted by Gasteiger charge is -2.23. The van der Waals surface area contributed by atoms with E-state index in [0.717, 1.165) is 47.7 Å². The molecule has 1 heteroatoms. The number of hydrogen-bond donors (Lipinski definition) is 0. The zero-order valence-corrected chi connectivity index (χ0v) is 7.15. The van der Waals surface area contributed by atoms with Gasteiger partial charge in [0.1, 0.15) is 0 Å². The van der Waals surface area contributed by atoms with Crippen molar-refractivity contribution in [1.29, 1.82) is 0 Å². The van der Waals surface area contributed by atoms with E-state index in [2.05, 4.69) is 0 Å². The highest BCUT2D eigenvalue weighted by atomic mass is 16.5. The fourth-order valence-corrected chi connectivity index (χ4v) is 5.87. The summed E-state index contributed by atoms with van der Waals surface area (Å²) >= 11 is 0. The van der Waals surface area contributed by atoms with Crippen molar-refractivity contribution in [2.45, 2.75) is 31.5 Å². The standard InChI is InChI=1S/C11H14O/c1-6-4-2-8-10(6)11-7(1)5(4)3-9(11)12-8/h4-11H,1-3H2. The SMILES string of the molecule is C1C2OC3CC4C1C1CC4C3C21. The smallest absolute Gasteiger partial charge is 0.0616 e. The Hall–Kier alpha value is -0.0400. The molecule has 0 aromatic heterocycles. The number of hydrogen-bond acceptors (Lipinski definition) is 1. The van der Waals surface area contributed by atoms with E-state index >= 15 is 0 Å². The summed E-state index contributed by atoms with van der Waals surface area (Å²) < 4.78 is 6.13. The van der Waals surface area contributed by atoms with Crippen molar-refractivity contribution in [2.75, 3.05) is 0 Å². The quantitative estimate of drug-likeness (QED) is 0.526. The normalized spacial score (nSPS) is 80.0. The summed E-state index contributed by atoms with van der Waals surface area (Å²) in [5, 5.41) is 0. The van der Waals surface area contributed by atoms with Crippen molar-refractivity contribution in [2.24, 2.45) is 35.5 Å². The van der Waals surface area contributed by atoms with Gasteiger partial charge in [-0.3, -0.25) is 0 Å². The predicted octanol–water partition coefficient (Wildman–Crippen LogP) is 1.68. The van der Waals surface area contributed by atoms with E-state index in [1.807, 2.05) is 0 Å². The topological polar surface area (TPSA) is 9.23 Å². The maximum absolute atomic E-state index is 6.13. The van der Waals surface area contributed by atoms with Crippen LogP contribution in [0.4, 0.5) is 0 Å². The van der Waals surface area contributed by atoms with Crippen LogP contribution in [0.3, 0.4) is 0 Å². The van der Waals surface area contributed by atoms with Crippen LogP contribution in [-0.4, -0.2) is 12.2 Å². The Morgan fingerprint density at radius 3 is 1.83 bits per heavy atom. The van der Waals surface area contributed by atoms with E-state index in [1.165, 1.54) is 12.8 Å². The molecule has 0 aromatic carbocycles. The summed E-state index contributed by atoms with van der Waals surface area (Å²) in [6.07, 6.45) is 5.95. The lowest BCUT2D eigenvalue weighted by atomic mass is 9.80. The molecule has 5 rings (SSSR count). The Bertz CT molecular complexity index is 244. The van der Waals surface area contributed by atoms with Crippen molar-refractivity contribution in [3.8, 4) is 0 Å². The first kappa shape index (κ1) is 5.64. The van der Waals surface area contributed by atoms with Gasteiger partial charge in [-0.1, -0.05) is 0 Å². The molecule has 8 atom stereocenters. The number of ether oxygens (including phenoxy) is 1. The van der Waals surface area contributed by atoms with Gasteiger partial charge >= 0.3 is 0 Å². The maximum Gasteiger partial charge on any atom is 0.0616 e. The molecule has 5 aliphatic rings. The Morgan fingerprint density at radius 1 is 0.667 bits per heavy atom. The van der Waals surface area contributed by atoms with Crippen LogP contribution in [0.5, 0.6) is 0 Å². The van der Waals surface area contributed by atoms with E-state index in [0.29, 0.717) is 0 Å². The molecule has 0 N–H and O–H groups in total. The third-order valence-electron chi connectivity index (χ3n) is 5.84. The fourth-order valence-electron chi connectivity index (χ4n) is 5.87. The lowest BCUT2D eigenvalue weighted by Crippen LogP contribution is -2.22. The Kier molecular flexibility index (Phi) is 0.654. The first-order chi connectivity index (χ1) is 5.93. The van der Waals surface area contributed by atoms with Crippen LogP contribution in [0.1, 0.15) is 19.3 Å². The molecular weight excluding hydrogens is 148 g/mol. The molecule has 1 heterocycles. The lowest BCUT2D eigenvalue weighted by molar-refractivity contribution is 0.0392. The van der Waals surface area contributed by atoms with E-state index < -0.39 is 0 Å². The van der Waals surface area contributed by atoms with Crippen LogP contribution >= 0.6 is 0 Å². The first-order valence-electron chi connectivity index (χ1n) is 5.59. The molecule has 0 amide bonds. The summed E-state index contributed by atoms with van der Waals surface area (Å²) in [6.45, 7) is 0. The number of fused-ring (bicyclic) bond motifs is 1. The molecule has 4 saturated carbocycles. The molecule has 0 radical (unpaired) electrons. The van der Waals surface area contributed by atoms with Crippen molar-refractivity contribution >= 4 is 0 Å². The molecule has 5 fully saturated rings. The van der Waals surface area contributed by atoms with Crippen molar-refractivity contribution in [3.05, 3.63) is 0 Å². The van der Waals surface area contributed by atoms with Crippen LogP contribution < -0.4 is 0 Å². The third kappa shape index (κ3) is 0.348. The molecular formula is C11H14O. The van der Waals surface area contributed by atoms with Crippen molar-refractivity contribution in [3.63, 3.8) is 0 Å². The molecule has 64 valence electrons. The zero-order chi connectivity index (χ0) is 7.45. The van der Waals surface area contributed by atoms with E-state index in [4.69, 9.17) is 4.74 Å². The molecule has 1 nitrogen and oxygen atoms in total. The largest absolute Gasteiger partial charge is 0.374 e. The van der Waals surface area contributed by atoms with Crippen LogP contribution in [0.25, 0.3) is 0 Å². The van der Waals surface area contributed by atoms with E-state index in [1.54, 1.807) is 6.42 Å². The van der Waals surface area contributed by atoms with Crippen molar-refractivity contribution in [1.82, 2.24) is 0 Å². The molecule has 0 spiro atoms. The second-order valence-electron chi connectivity index (χ2n) is 5.73. The molecule has 1 aliphatic heterocycles. The number of rotatable bonds is 0. The summed E-state index contributed by atoms with van der Waals surface area (Å²) in [6, 6.07) is 0. The van der Waals surface area contributed by atoms with Crippen LogP contribution in [0.2, 0.25) is 0 Å². The minimum Gasteiger partial charge on any atom is -0.374 e. The average molecular weight is 162 g/mol. The summed E-state index contributed by atoms with van der Waals surface area (Å²) in [7, 11) is 0. The molecule has 4 aliphatic carbocycles. The van der Waals surface area contributed by atoms with Gasteiger partial charge in [0.25, 0.3) is 0 Å². The Labute approximate surface area is 72.5 Å². The highest BCUT2D eigenvalue weighted by Gasteiger charge is 2.73. The molecule has 8 unspecified atom stereocenters. The van der Waals surface area contributed by atoms with Crippen LogP contribution in [-0.2, 0) is 4.74 Å².